The maximum Gasteiger partial charge on any atom is 0.419 e. The lowest BCUT2D eigenvalue weighted by Gasteiger charge is -2.15. The summed E-state index contributed by atoms with van der Waals surface area (Å²) >= 11 is 0. The lowest BCUT2D eigenvalue weighted by Crippen LogP contribution is -2.30. The predicted octanol–water partition coefficient (Wildman–Crippen LogP) is 0.479. The molecule has 0 bridgehead atoms. The standard InChI is InChI=1S/C11H15N3O2/c1-6(12)10(13)7-3-4-8-9(5-7)16-11(15)14(8)2/h3-6,10H,12-13H2,1-2H3. The highest BCUT2D eigenvalue weighted by molar-refractivity contribution is 5.73. The Balaban J connectivity index is 2.57. The van der Waals surface area contributed by atoms with Gasteiger partial charge in [0.05, 0.1) is 5.52 Å². The van der Waals surface area contributed by atoms with Gasteiger partial charge in [-0.15, -0.1) is 0 Å². The van der Waals surface area contributed by atoms with Crippen LogP contribution in [0.5, 0.6) is 0 Å². The van der Waals surface area contributed by atoms with Gasteiger partial charge in [-0.05, 0) is 24.6 Å². The van der Waals surface area contributed by atoms with Gasteiger partial charge < -0.3 is 15.9 Å². The van der Waals surface area contributed by atoms with E-state index in [2.05, 4.69) is 0 Å². The van der Waals surface area contributed by atoms with Gasteiger partial charge >= 0.3 is 5.76 Å². The van der Waals surface area contributed by atoms with Gasteiger partial charge in [-0.3, -0.25) is 4.57 Å². The van der Waals surface area contributed by atoms with Gasteiger partial charge in [-0.2, -0.15) is 0 Å². The van der Waals surface area contributed by atoms with Crippen LogP contribution in [0.15, 0.2) is 27.4 Å². The van der Waals surface area contributed by atoms with Crippen molar-refractivity contribution in [2.75, 3.05) is 0 Å². The van der Waals surface area contributed by atoms with E-state index in [1.54, 1.807) is 13.1 Å². The SMILES string of the molecule is CC(N)C(N)c1ccc2c(c1)oc(=O)n2C. The third-order valence-electron chi connectivity index (χ3n) is 2.77. The third kappa shape index (κ3) is 1.64. The molecule has 2 unspecified atom stereocenters. The summed E-state index contributed by atoms with van der Waals surface area (Å²) in [5.74, 6) is -0.374. The largest absolute Gasteiger partial charge is 0.419 e. The summed E-state index contributed by atoms with van der Waals surface area (Å²) in [4.78, 5) is 11.3. The monoisotopic (exact) mass is 221 g/mol. The second kappa shape index (κ2) is 3.77. The minimum absolute atomic E-state index is 0.145. The van der Waals surface area contributed by atoms with Gasteiger partial charge in [-0.25, -0.2) is 4.79 Å². The van der Waals surface area contributed by atoms with Gasteiger partial charge in [0.2, 0.25) is 0 Å². The van der Waals surface area contributed by atoms with Gasteiger partial charge in [0.15, 0.2) is 5.58 Å². The van der Waals surface area contributed by atoms with Crippen molar-refractivity contribution in [1.29, 1.82) is 0 Å². The molecule has 1 heterocycles. The Morgan fingerprint density at radius 2 is 2.06 bits per heavy atom. The Labute approximate surface area is 92.6 Å². The molecule has 0 amide bonds. The van der Waals surface area contributed by atoms with Crippen LogP contribution in [-0.2, 0) is 7.05 Å². The van der Waals surface area contributed by atoms with Gasteiger partial charge in [0.25, 0.3) is 0 Å². The highest BCUT2D eigenvalue weighted by Gasteiger charge is 2.13. The van der Waals surface area contributed by atoms with Crippen LogP contribution < -0.4 is 17.2 Å². The summed E-state index contributed by atoms with van der Waals surface area (Å²) in [6.45, 7) is 1.84. The minimum atomic E-state index is -0.374. The average molecular weight is 221 g/mol. The van der Waals surface area contributed by atoms with E-state index < -0.39 is 0 Å². The van der Waals surface area contributed by atoms with Crippen LogP contribution in [0.25, 0.3) is 11.1 Å². The van der Waals surface area contributed by atoms with Crippen molar-refractivity contribution in [2.24, 2.45) is 18.5 Å². The molecule has 0 saturated carbocycles. The molecule has 0 fully saturated rings. The molecule has 0 spiro atoms. The third-order valence-corrected chi connectivity index (χ3v) is 2.77. The number of fused-ring (bicyclic) bond motifs is 1. The van der Waals surface area contributed by atoms with E-state index in [0.29, 0.717) is 5.58 Å². The summed E-state index contributed by atoms with van der Waals surface area (Å²) in [6, 6.07) is 5.05. The Kier molecular flexibility index (Phi) is 2.57. The first-order valence-corrected chi connectivity index (χ1v) is 5.11. The Hall–Kier alpha value is -1.59. The lowest BCUT2D eigenvalue weighted by molar-refractivity contribution is 0.526. The zero-order chi connectivity index (χ0) is 11.9. The van der Waals surface area contributed by atoms with Crippen molar-refractivity contribution >= 4 is 11.1 Å². The van der Waals surface area contributed by atoms with E-state index in [0.717, 1.165) is 11.1 Å². The van der Waals surface area contributed by atoms with Gasteiger partial charge in [0.1, 0.15) is 0 Å². The number of aryl methyl sites for hydroxylation is 1. The Morgan fingerprint density at radius 1 is 1.38 bits per heavy atom. The summed E-state index contributed by atoms with van der Waals surface area (Å²) in [7, 11) is 1.67. The average Bonchev–Trinajstić information content (AvgIpc) is 2.53. The quantitative estimate of drug-likeness (QED) is 0.772. The number of nitrogens with zero attached hydrogens (tertiary/aromatic N) is 1. The predicted molar refractivity (Wildman–Crippen MR) is 62.0 cm³/mol. The molecule has 1 aromatic carbocycles. The van der Waals surface area contributed by atoms with E-state index in [9.17, 15) is 4.79 Å². The Morgan fingerprint density at radius 3 is 2.69 bits per heavy atom. The van der Waals surface area contributed by atoms with Crippen LogP contribution in [0.4, 0.5) is 0 Å². The van der Waals surface area contributed by atoms with Crippen molar-refractivity contribution in [3.63, 3.8) is 0 Å². The van der Waals surface area contributed by atoms with Crippen LogP contribution in [0.2, 0.25) is 0 Å². The van der Waals surface area contributed by atoms with Crippen molar-refractivity contribution in [3.05, 3.63) is 34.3 Å². The first kappa shape index (κ1) is 10.9. The summed E-state index contributed by atoms with van der Waals surface area (Å²) < 4.78 is 6.54. The van der Waals surface area contributed by atoms with E-state index in [-0.39, 0.29) is 17.8 Å². The van der Waals surface area contributed by atoms with Crippen LogP contribution in [-0.4, -0.2) is 10.6 Å². The maximum absolute atomic E-state index is 11.3. The zero-order valence-electron chi connectivity index (χ0n) is 9.31. The van der Waals surface area contributed by atoms with Crippen molar-refractivity contribution < 1.29 is 4.42 Å². The molecule has 0 saturated heterocycles. The molecule has 0 aliphatic carbocycles. The van der Waals surface area contributed by atoms with E-state index in [1.807, 2.05) is 19.1 Å². The number of aromatic nitrogens is 1. The first-order chi connectivity index (χ1) is 7.50. The smallest absolute Gasteiger partial charge is 0.408 e. The molecule has 0 radical (unpaired) electrons. The van der Waals surface area contributed by atoms with Gasteiger partial charge in [0, 0.05) is 19.1 Å². The number of nitrogens with two attached hydrogens (primary N) is 2. The highest BCUT2D eigenvalue weighted by Crippen LogP contribution is 2.19. The van der Waals surface area contributed by atoms with Crippen molar-refractivity contribution in [1.82, 2.24) is 4.57 Å². The van der Waals surface area contributed by atoms with Gasteiger partial charge in [-0.1, -0.05) is 6.07 Å². The number of hydrogen-bond donors (Lipinski definition) is 2. The molecule has 5 heteroatoms. The molecule has 2 aromatic rings. The molecule has 2 atom stereocenters. The lowest BCUT2D eigenvalue weighted by atomic mass is 10.0. The number of hydrogen-bond acceptors (Lipinski definition) is 4. The fourth-order valence-electron chi connectivity index (χ4n) is 1.66. The molecule has 5 nitrogen and oxygen atoms in total. The molecular formula is C11H15N3O2. The fourth-order valence-corrected chi connectivity index (χ4v) is 1.66. The molecule has 86 valence electrons. The van der Waals surface area contributed by atoms with E-state index in [4.69, 9.17) is 15.9 Å². The first-order valence-electron chi connectivity index (χ1n) is 5.11. The summed E-state index contributed by atoms with van der Waals surface area (Å²) in [5, 5.41) is 0. The number of rotatable bonds is 2. The van der Waals surface area contributed by atoms with Crippen LogP contribution in [0.1, 0.15) is 18.5 Å². The van der Waals surface area contributed by atoms with Crippen LogP contribution in [0, 0.1) is 0 Å². The molecule has 4 N–H and O–H groups in total. The molecular weight excluding hydrogens is 206 g/mol. The topological polar surface area (TPSA) is 87.2 Å². The molecule has 1 aromatic heterocycles. The van der Waals surface area contributed by atoms with Crippen molar-refractivity contribution in [3.8, 4) is 0 Å². The maximum atomic E-state index is 11.3. The fraction of sp³-hybridized carbons (Fsp3) is 0.364. The van der Waals surface area contributed by atoms with E-state index >= 15 is 0 Å². The van der Waals surface area contributed by atoms with Crippen LogP contribution >= 0.6 is 0 Å². The molecule has 0 aliphatic rings. The normalized spacial score (nSPS) is 15.2. The molecule has 2 rings (SSSR count). The second-order valence-electron chi connectivity index (χ2n) is 4.04. The van der Waals surface area contributed by atoms with E-state index in [1.165, 1.54) is 4.57 Å². The highest BCUT2D eigenvalue weighted by atomic mass is 16.4. The van der Waals surface area contributed by atoms with Crippen molar-refractivity contribution in [2.45, 2.75) is 19.0 Å². The second-order valence-corrected chi connectivity index (χ2v) is 4.04. The number of oxazole rings is 1. The molecule has 16 heavy (non-hydrogen) atoms. The zero-order valence-corrected chi connectivity index (χ0v) is 9.31. The molecule has 0 aliphatic heterocycles. The number of benzene rings is 1. The summed E-state index contributed by atoms with van der Waals surface area (Å²) in [5.41, 5.74) is 13.8. The minimum Gasteiger partial charge on any atom is -0.408 e. The Bertz CT molecular complexity index is 568. The summed E-state index contributed by atoms with van der Waals surface area (Å²) in [6.07, 6.45) is 0. The van der Waals surface area contributed by atoms with Crippen LogP contribution in [0.3, 0.4) is 0 Å².